The van der Waals surface area contributed by atoms with Crippen LogP contribution < -0.4 is 14.2 Å². The third kappa shape index (κ3) is 32.7. The third-order valence-electron chi connectivity index (χ3n) is 13.5. The standard InChI is InChI=1S/C13H19FO.C13H21NO.C12H17FO.C11H13F3.C10H13Cl.C10H15NO.C9H13N/c1-9(2)15-12-7-6-10(8-11(12)14)13(3,4)5;1-10(2)9-15-12-7-6-11(8-14-12)13(3,4)5;1-12(2,3)10-6-5-9(8-14-4)11(13)7-10;1-10(2,3)8-5-4-6-9(7-8)11(12,13)14;1-10(2,3)8-6-4-5-7-9(8)11;1-10(2,3)8-5-6-9(12-4)11-7-8;1-9(2,3)8-6-4-5-7-10-8/h6-9H,1-5H3;6-8,10H,9H2,1-5H3;5-7H,8H2,1-4H3;4-7H,1-3H3;4-7H,1-3H3;5-7H,1-4H3;4-7H,1-3H3. The Morgan fingerprint density at radius 2 is 0.890 bits per heavy atom. The molecule has 7 aromatic rings. The van der Waals surface area contributed by atoms with Gasteiger partial charge in [-0.3, -0.25) is 4.98 Å². The smallest absolute Gasteiger partial charge is 0.416 e. The van der Waals surface area contributed by atoms with Gasteiger partial charge in [0.15, 0.2) is 11.6 Å². The molecule has 0 bridgehead atoms. The quantitative estimate of drug-likeness (QED) is 0.140. The minimum absolute atomic E-state index is 0.0000123. The molecular formula is C78H111ClF5N3O4. The molecule has 0 N–H and O–H groups in total. The fourth-order valence-corrected chi connectivity index (χ4v) is 8.17. The summed E-state index contributed by atoms with van der Waals surface area (Å²) in [5.41, 5.74) is 7.91. The first kappa shape index (κ1) is 82.6. The number of hydrogen-bond donors (Lipinski definition) is 0. The first-order valence-electron chi connectivity index (χ1n) is 31.2. The monoisotopic (exact) mass is 1280 g/mol. The minimum Gasteiger partial charge on any atom is -0.488 e. The molecule has 0 aliphatic carbocycles. The van der Waals surface area contributed by atoms with Gasteiger partial charge in [0.05, 0.1) is 32.0 Å². The summed E-state index contributed by atoms with van der Waals surface area (Å²) in [6, 6.07) is 37.9. The number of nitrogens with zero attached hydrogens (tertiary/aromatic N) is 3. The maximum atomic E-state index is 13.6. The normalized spacial score (nSPS) is 11.9. The van der Waals surface area contributed by atoms with Crippen LogP contribution in [-0.2, 0) is 55.4 Å². The van der Waals surface area contributed by atoms with Crippen molar-refractivity contribution in [1.82, 2.24) is 15.0 Å². The molecule has 3 aromatic heterocycles. The molecule has 3 heterocycles. The van der Waals surface area contributed by atoms with Crippen LogP contribution in [-0.4, -0.2) is 41.9 Å². The van der Waals surface area contributed by atoms with Crippen molar-refractivity contribution in [1.29, 1.82) is 0 Å². The molecule has 0 aliphatic heterocycles. The van der Waals surface area contributed by atoms with Gasteiger partial charge in [0.25, 0.3) is 0 Å². The average Bonchev–Trinajstić information content (AvgIpc) is 1.46. The highest BCUT2D eigenvalue weighted by Gasteiger charge is 2.31. The van der Waals surface area contributed by atoms with Crippen molar-refractivity contribution < 1.29 is 40.9 Å². The summed E-state index contributed by atoms with van der Waals surface area (Å²) in [6.45, 7) is 53.1. The number of aromatic nitrogens is 3. The summed E-state index contributed by atoms with van der Waals surface area (Å²) in [7, 11) is 3.19. The van der Waals surface area contributed by atoms with E-state index < -0.39 is 11.7 Å². The summed E-state index contributed by atoms with van der Waals surface area (Å²) >= 11 is 6.01. The van der Waals surface area contributed by atoms with Crippen molar-refractivity contribution in [3.63, 3.8) is 0 Å². The number of benzene rings is 4. The summed E-state index contributed by atoms with van der Waals surface area (Å²) in [6.07, 6.45) is 1.34. The fourth-order valence-electron chi connectivity index (χ4n) is 7.75. The van der Waals surface area contributed by atoms with Gasteiger partial charge in [-0.2, -0.15) is 13.2 Å². The summed E-state index contributed by atoms with van der Waals surface area (Å²) < 4.78 is 84.9. The van der Waals surface area contributed by atoms with Gasteiger partial charge in [0, 0.05) is 59.5 Å². The Morgan fingerprint density at radius 3 is 1.24 bits per heavy atom. The maximum absolute atomic E-state index is 13.6. The highest BCUT2D eigenvalue weighted by Crippen LogP contribution is 2.34. The zero-order valence-electron chi connectivity index (χ0n) is 60.2. The third-order valence-corrected chi connectivity index (χ3v) is 13.9. The molecule has 7 nitrogen and oxygen atoms in total. The molecule has 0 atom stereocenters. The molecule has 0 amide bonds. The van der Waals surface area contributed by atoms with Crippen molar-refractivity contribution in [2.45, 2.75) is 230 Å². The zero-order valence-corrected chi connectivity index (χ0v) is 60.9. The molecule has 0 saturated carbocycles. The average molecular weight is 1290 g/mol. The molecule has 504 valence electrons. The molecule has 0 spiro atoms. The Balaban J connectivity index is 0.000000533. The number of ether oxygens (including phenoxy) is 4. The molecule has 0 aliphatic rings. The molecule has 4 aromatic carbocycles. The number of methoxy groups -OCH3 is 2. The van der Waals surface area contributed by atoms with E-state index in [1.54, 1.807) is 44.6 Å². The van der Waals surface area contributed by atoms with Crippen molar-refractivity contribution in [2.75, 3.05) is 20.8 Å². The molecule has 0 saturated heterocycles. The van der Waals surface area contributed by atoms with Gasteiger partial charge in [0.1, 0.15) is 5.82 Å². The predicted molar refractivity (Wildman–Crippen MR) is 373 cm³/mol. The highest BCUT2D eigenvalue weighted by molar-refractivity contribution is 6.31. The first-order chi connectivity index (χ1) is 41.5. The molecule has 13 heteroatoms. The molecule has 0 unspecified atom stereocenters. The predicted octanol–water partition coefficient (Wildman–Crippen LogP) is 23.0. The Hall–Kier alpha value is -6.37. The second-order valence-corrected chi connectivity index (χ2v) is 30.7. The van der Waals surface area contributed by atoms with E-state index in [-0.39, 0.29) is 55.6 Å². The second-order valence-electron chi connectivity index (χ2n) is 30.3. The zero-order chi connectivity index (χ0) is 70.1. The van der Waals surface area contributed by atoms with Crippen molar-refractivity contribution in [3.8, 4) is 17.5 Å². The first-order valence-corrected chi connectivity index (χ1v) is 31.6. The number of hydrogen-bond acceptors (Lipinski definition) is 7. The van der Waals surface area contributed by atoms with E-state index in [1.807, 2.05) is 114 Å². The van der Waals surface area contributed by atoms with Crippen LogP contribution in [0.1, 0.15) is 223 Å². The highest BCUT2D eigenvalue weighted by atomic mass is 35.5. The number of rotatable bonds is 8. The van der Waals surface area contributed by atoms with Gasteiger partial charge in [-0.15, -0.1) is 0 Å². The van der Waals surface area contributed by atoms with E-state index in [4.69, 9.17) is 30.5 Å². The topological polar surface area (TPSA) is 75.6 Å². The summed E-state index contributed by atoms with van der Waals surface area (Å²) in [4.78, 5) is 12.7. The van der Waals surface area contributed by atoms with Gasteiger partial charge in [-0.25, -0.2) is 18.7 Å². The van der Waals surface area contributed by atoms with Crippen LogP contribution in [0, 0.1) is 17.6 Å². The SMILES string of the molecule is CC(C)(C)c1cccc(C(F)(F)F)c1.CC(C)(C)c1ccccc1Cl.CC(C)(C)c1ccccn1.CC(C)COc1ccc(C(C)(C)C)cn1.CC(C)Oc1ccc(C(C)(C)C)cc1F.COCc1ccc(C(C)(C)C)cc1F.COc1ccc(C(C)(C)C)cn1. The van der Waals surface area contributed by atoms with Crippen LogP contribution in [0.25, 0.3) is 0 Å². The molecule has 7 rings (SSSR count). The van der Waals surface area contributed by atoms with E-state index >= 15 is 0 Å². The van der Waals surface area contributed by atoms with Crippen LogP contribution in [0.3, 0.4) is 0 Å². The van der Waals surface area contributed by atoms with Crippen LogP contribution in [0.15, 0.2) is 146 Å². The lowest BCUT2D eigenvalue weighted by molar-refractivity contribution is -0.137. The molecular weight excluding hydrogens is 1170 g/mol. The maximum Gasteiger partial charge on any atom is 0.416 e. The van der Waals surface area contributed by atoms with Crippen molar-refractivity contribution in [2.24, 2.45) is 5.92 Å². The van der Waals surface area contributed by atoms with Crippen molar-refractivity contribution >= 4 is 11.6 Å². The lowest BCUT2D eigenvalue weighted by Gasteiger charge is -2.20. The van der Waals surface area contributed by atoms with Crippen LogP contribution in [0.4, 0.5) is 22.0 Å². The summed E-state index contributed by atoms with van der Waals surface area (Å²) in [5, 5.41) is 0.861. The fraction of sp³-hybridized carbons (Fsp3) is 0.500. The van der Waals surface area contributed by atoms with Crippen molar-refractivity contribution in [3.05, 3.63) is 213 Å². The largest absolute Gasteiger partial charge is 0.488 e. The lowest BCUT2D eigenvalue weighted by Crippen LogP contribution is -2.13. The Kier molecular flexibility index (Phi) is 32.9. The van der Waals surface area contributed by atoms with Crippen LogP contribution >= 0.6 is 11.6 Å². The van der Waals surface area contributed by atoms with Crippen LogP contribution in [0.2, 0.25) is 5.02 Å². The van der Waals surface area contributed by atoms with Gasteiger partial charge < -0.3 is 18.9 Å². The lowest BCUT2D eigenvalue weighted by atomic mass is 9.86. The van der Waals surface area contributed by atoms with Gasteiger partial charge in [-0.1, -0.05) is 244 Å². The summed E-state index contributed by atoms with van der Waals surface area (Å²) in [5.74, 6) is 1.79. The van der Waals surface area contributed by atoms with E-state index in [2.05, 4.69) is 172 Å². The number of pyridine rings is 3. The van der Waals surface area contributed by atoms with E-state index in [0.717, 1.165) is 40.4 Å². The van der Waals surface area contributed by atoms with E-state index in [0.29, 0.717) is 35.3 Å². The number of alkyl halides is 3. The van der Waals surface area contributed by atoms with Crippen LogP contribution in [0.5, 0.6) is 17.5 Å². The molecule has 0 fully saturated rings. The Labute approximate surface area is 551 Å². The van der Waals surface area contributed by atoms with Gasteiger partial charge in [0.2, 0.25) is 11.8 Å². The Morgan fingerprint density at radius 1 is 0.440 bits per heavy atom. The second kappa shape index (κ2) is 36.2. The van der Waals surface area contributed by atoms with Gasteiger partial charge >= 0.3 is 6.18 Å². The molecule has 0 radical (unpaired) electrons. The Bertz CT molecular complexity index is 3140. The number of halogens is 6. The van der Waals surface area contributed by atoms with Gasteiger partial charge in [-0.05, 0) is 128 Å². The minimum atomic E-state index is -4.25. The van der Waals surface area contributed by atoms with E-state index in [1.165, 1.54) is 28.8 Å². The molecule has 91 heavy (non-hydrogen) atoms. The van der Waals surface area contributed by atoms with E-state index in [9.17, 15) is 22.0 Å².